The van der Waals surface area contributed by atoms with Crippen LogP contribution in [-0.2, 0) is 4.74 Å². The normalized spacial score (nSPS) is 18.7. The van der Waals surface area contributed by atoms with Crippen molar-refractivity contribution in [2.45, 2.75) is 45.8 Å². The second-order valence-corrected chi connectivity index (χ2v) is 7.22. The van der Waals surface area contributed by atoms with Gasteiger partial charge >= 0.3 is 6.09 Å². The van der Waals surface area contributed by atoms with E-state index in [1.807, 2.05) is 33.9 Å². The van der Waals surface area contributed by atoms with E-state index in [-0.39, 0.29) is 12.1 Å². The van der Waals surface area contributed by atoms with E-state index < -0.39 is 5.60 Å². The highest BCUT2D eigenvalue weighted by Crippen LogP contribution is 2.23. The van der Waals surface area contributed by atoms with Crippen molar-refractivity contribution in [3.8, 4) is 0 Å². The molecule has 5 nitrogen and oxygen atoms in total. The van der Waals surface area contributed by atoms with Gasteiger partial charge in [0.25, 0.3) is 0 Å². The average molecular weight is 356 g/mol. The number of anilines is 1. The van der Waals surface area contributed by atoms with Gasteiger partial charge in [-0.1, -0.05) is 0 Å². The lowest BCUT2D eigenvalue weighted by atomic mass is 10.2. The molecule has 1 atom stereocenters. The third-order valence-corrected chi connectivity index (χ3v) is 4.10. The molecule has 1 N–H and O–H groups in total. The smallest absolute Gasteiger partial charge is 0.407 e. The summed E-state index contributed by atoms with van der Waals surface area (Å²) in [7, 11) is 0. The Morgan fingerprint density at radius 3 is 2.86 bits per heavy atom. The lowest BCUT2D eigenvalue weighted by Gasteiger charge is -2.22. The van der Waals surface area contributed by atoms with Crippen LogP contribution in [0.1, 0.15) is 32.8 Å². The fourth-order valence-corrected chi connectivity index (χ4v) is 2.47. The number of halogens is 1. The van der Waals surface area contributed by atoms with Crippen LogP contribution in [0, 0.1) is 6.92 Å². The van der Waals surface area contributed by atoms with Crippen LogP contribution in [-0.4, -0.2) is 35.8 Å². The molecule has 1 saturated heterocycles. The first-order valence-corrected chi connectivity index (χ1v) is 7.90. The van der Waals surface area contributed by atoms with E-state index in [1.165, 1.54) is 0 Å². The lowest BCUT2D eigenvalue weighted by molar-refractivity contribution is 0.0509. The first-order chi connectivity index (χ1) is 9.74. The summed E-state index contributed by atoms with van der Waals surface area (Å²) in [5, 5.41) is 2.92. The number of rotatable bonds is 2. The number of hydrogen-bond donors (Lipinski definition) is 1. The summed E-state index contributed by atoms with van der Waals surface area (Å²) in [5.41, 5.74) is 0.691. The van der Waals surface area contributed by atoms with Gasteiger partial charge in [-0.25, -0.2) is 9.78 Å². The van der Waals surface area contributed by atoms with E-state index in [4.69, 9.17) is 4.74 Å². The molecule has 1 aliphatic rings. The Balaban J connectivity index is 1.91. The molecule has 2 rings (SSSR count). The Kier molecular flexibility index (Phi) is 4.76. The number of aromatic nitrogens is 1. The second kappa shape index (κ2) is 6.22. The third-order valence-electron chi connectivity index (χ3n) is 3.27. The molecule has 2 heterocycles. The van der Waals surface area contributed by atoms with Crippen LogP contribution in [0.5, 0.6) is 0 Å². The zero-order valence-electron chi connectivity index (χ0n) is 12.9. The molecule has 0 spiro atoms. The largest absolute Gasteiger partial charge is 0.444 e. The number of nitrogens with one attached hydrogen (secondary N) is 1. The van der Waals surface area contributed by atoms with Gasteiger partial charge in [0.15, 0.2) is 0 Å². The maximum absolute atomic E-state index is 11.8. The molecule has 0 saturated carbocycles. The van der Waals surface area contributed by atoms with Gasteiger partial charge in [0.05, 0.1) is 6.04 Å². The van der Waals surface area contributed by atoms with Crippen LogP contribution in [0.15, 0.2) is 16.7 Å². The van der Waals surface area contributed by atoms with Gasteiger partial charge in [0.1, 0.15) is 11.4 Å². The molecular formula is C15H22BrN3O2. The van der Waals surface area contributed by atoms with Gasteiger partial charge in [-0.2, -0.15) is 0 Å². The number of amides is 1. The Morgan fingerprint density at radius 2 is 2.24 bits per heavy atom. The van der Waals surface area contributed by atoms with Crippen molar-refractivity contribution in [1.29, 1.82) is 0 Å². The Morgan fingerprint density at radius 1 is 1.52 bits per heavy atom. The summed E-state index contributed by atoms with van der Waals surface area (Å²) < 4.78 is 6.29. The van der Waals surface area contributed by atoms with Crippen LogP contribution >= 0.6 is 15.9 Å². The Bertz CT molecular complexity index is 528. The zero-order valence-corrected chi connectivity index (χ0v) is 14.5. The standard InChI is InChI=1S/C15H22BrN3O2/c1-10-7-13(17-8-12(10)16)19-6-5-11(9-19)18-14(20)21-15(2,3)4/h7-8,11H,5-6,9H2,1-4H3,(H,18,20)/t11-/m0/s1. The molecule has 0 radical (unpaired) electrons. The van der Waals surface area contributed by atoms with Crippen molar-refractivity contribution in [2.75, 3.05) is 18.0 Å². The van der Waals surface area contributed by atoms with Gasteiger partial charge in [-0.05, 0) is 61.7 Å². The molecule has 1 aliphatic heterocycles. The minimum Gasteiger partial charge on any atom is -0.444 e. The number of pyridine rings is 1. The minimum atomic E-state index is -0.466. The molecule has 0 unspecified atom stereocenters. The van der Waals surface area contributed by atoms with Gasteiger partial charge in [0, 0.05) is 23.8 Å². The van der Waals surface area contributed by atoms with E-state index in [9.17, 15) is 4.79 Å². The minimum absolute atomic E-state index is 0.102. The molecule has 0 aliphatic carbocycles. The zero-order chi connectivity index (χ0) is 15.6. The number of carbonyl (C=O) groups is 1. The van der Waals surface area contributed by atoms with Gasteiger partial charge in [-0.15, -0.1) is 0 Å². The number of ether oxygens (including phenoxy) is 1. The monoisotopic (exact) mass is 355 g/mol. The van der Waals surface area contributed by atoms with E-state index in [0.717, 1.165) is 35.4 Å². The van der Waals surface area contributed by atoms with Crippen LogP contribution in [0.2, 0.25) is 0 Å². The third kappa shape index (κ3) is 4.59. The summed E-state index contributed by atoms with van der Waals surface area (Å²) in [6.07, 6.45) is 2.37. The van der Waals surface area contributed by atoms with Crippen LogP contribution < -0.4 is 10.2 Å². The molecule has 21 heavy (non-hydrogen) atoms. The maximum atomic E-state index is 11.8. The highest BCUT2D eigenvalue weighted by Gasteiger charge is 2.26. The van der Waals surface area contributed by atoms with E-state index in [1.54, 1.807) is 0 Å². The topological polar surface area (TPSA) is 54.5 Å². The molecule has 1 aromatic heterocycles. The first-order valence-electron chi connectivity index (χ1n) is 7.11. The number of alkyl carbamates (subject to hydrolysis) is 1. The second-order valence-electron chi connectivity index (χ2n) is 6.37. The molecular weight excluding hydrogens is 334 g/mol. The van der Waals surface area contributed by atoms with E-state index in [2.05, 4.69) is 37.2 Å². The predicted molar refractivity (Wildman–Crippen MR) is 86.7 cm³/mol. The molecule has 0 bridgehead atoms. The predicted octanol–water partition coefficient (Wildman–Crippen LogP) is 3.26. The molecule has 1 aromatic rings. The SMILES string of the molecule is Cc1cc(N2CC[C@H](NC(=O)OC(C)(C)C)C2)ncc1Br. The first kappa shape index (κ1) is 16.1. The molecule has 6 heteroatoms. The van der Waals surface area contributed by atoms with Gasteiger partial charge in [-0.3, -0.25) is 0 Å². The average Bonchev–Trinajstić information content (AvgIpc) is 2.78. The quantitative estimate of drug-likeness (QED) is 0.884. The highest BCUT2D eigenvalue weighted by atomic mass is 79.9. The number of nitrogens with zero attached hydrogens (tertiary/aromatic N) is 2. The Labute approximate surface area is 134 Å². The summed E-state index contributed by atoms with van der Waals surface area (Å²) >= 11 is 3.46. The van der Waals surface area contributed by atoms with Crippen molar-refractivity contribution in [2.24, 2.45) is 0 Å². The lowest BCUT2D eigenvalue weighted by Crippen LogP contribution is -2.40. The number of carbonyl (C=O) groups excluding carboxylic acids is 1. The van der Waals surface area contributed by atoms with Crippen molar-refractivity contribution in [1.82, 2.24) is 10.3 Å². The van der Waals surface area contributed by atoms with Crippen LogP contribution in [0.4, 0.5) is 10.6 Å². The van der Waals surface area contributed by atoms with Gasteiger partial charge in [0.2, 0.25) is 0 Å². The summed E-state index contributed by atoms with van der Waals surface area (Å²) in [4.78, 5) is 18.4. The van der Waals surface area contributed by atoms with Crippen LogP contribution in [0.25, 0.3) is 0 Å². The maximum Gasteiger partial charge on any atom is 0.407 e. The number of aryl methyl sites for hydroxylation is 1. The summed E-state index contributed by atoms with van der Waals surface area (Å²) in [6.45, 7) is 9.27. The number of hydrogen-bond acceptors (Lipinski definition) is 4. The fourth-order valence-electron chi connectivity index (χ4n) is 2.26. The molecule has 1 amide bonds. The summed E-state index contributed by atoms with van der Waals surface area (Å²) in [6, 6.07) is 2.16. The molecule has 0 aromatic carbocycles. The Hall–Kier alpha value is -1.30. The van der Waals surface area contributed by atoms with E-state index >= 15 is 0 Å². The van der Waals surface area contributed by atoms with Crippen molar-refractivity contribution in [3.63, 3.8) is 0 Å². The molecule has 116 valence electrons. The van der Waals surface area contributed by atoms with Crippen molar-refractivity contribution < 1.29 is 9.53 Å². The van der Waals surface area contributed by atoms with Crippen molar-refractivity contribution >= 4 is 27.8 Å². The summed E-state index contributed by atoms with van der Waals surface area (Å²) in [5.74, 6) is 0.948. The highest BCUT2D eigenvalue weighted by molar-refractivity contribution is 9.10. The fraction of sp³-hybridized carbons (Fsp3) is 0.600. The van der Waals surface area contributed by atoms with Crippen LogP contribution in [0.3, 0.4) is 0 Å². The van der Waals surface area contributed by atoms with E-state index in [0.29, 0.717) is 0 Å². The molecule has 1 fully saturated rings. The van der Waals surface area contributed by atoms with Crippen molar-refractivity contribution in [3.05, 3.63) is 22.3 Å². The van der Waals surface area contributed by atoms with Gasteiger partial charge < -0.3 is 15.0 Å².